The van der Waals surface area contributed by atoms with E-state index in [1.165, 1.54) is 51.6 Å². The minimum atomic E-state index is 0.377. The van der Waals surface area contributed by atoms with Crippen LogP contribution >= 0.6 is 0 Å². The molecule has 94 valence electrons. The fraction of sp³-hybridized carbons (Fsp3) is 1.00. The van der Waals surface area contributed by atoms with Crippen LogP contribution in [-0.2, 0) is 0 Å². The van der Waals surface area contributed by atoms with Crippen molar-refractivity contribution in [3.8, 4) is 0 Å². The summed E-state index contributed by atoms with van der Waals surface area (Å²) in [5, 5.41) is 0. The summed E-state index contributed by atoms with van der Waals surface area (Å²) in [5.74, 6) is 1.74. The number of rotatable bonds is 3. The number of hydrogen-bond acceptors (Lipinski definition) is 2. The predicted octanol–water partition coefficient (Wildman–Crippen LogP) is 2.63. The maximum absolute atomic E-state index is 6.10. The first-order chi connectivity index (χ1) is 7.68. The van der Waals surface area contributed by atoms with Gasteiger partial charge in [0.2, 0.25) is 0 Å². The SMILES string of the molecule is CC(C)C1CCN(C2(CN)CCCCC2)C1. The summed E-state index contributed by atoms with van der Waals surface area (Å²) >= 11 is 0. The van der Waals surface area contributed by atoms with Gasteiger partial charge in [-0.25, -0.2) is 0 Å². The lowest BCUT2D eigenvalue weighted by atomic mass is 9.80. The molecule has 2 aliphatic rings. The Morgan fingerprint density at radius 3 is 2.44 bits per heavy atom. The molecule has 0 radical (unpaired) electrons. The Morgan fingerprint density at radius 1 is 1.25 bits per heavy atom. The van der Waals surface area contributed by atoms with Crippen LogP contribution in [0, 0.1) is 11.8 Å². The zero-order valence-corrected chi connectivity index (χ0v) is 11.0. The van der Waals surface area contributed by atoms with Gasteiger partial charge in [-0.05, 0) is 37.6 Å². The molecule has 2 fully saturated rings. The Bertz CT molecular complexity index is 219. The number of nitrogens with zero attached hydrogens (tertiary/aromatic N) is 1. The minimum Gasteiger partial charge on any atom is -0.329 e. The maximum atomic E-state index is 6.10. The molecule has 1 saturated heterocycles. The molecular formula is C14H28N2. The van der Waals surface area contributed by atoms with Gasteiger partial charge in [0.15, 0.2) is 0 Å². The van der Waals surface area contributed by atoms with Crippen LogP contribution in [0.15, 0.2) is 0 Å². The first kappa shape index (κ1) is 12.4. The molecule has 1 aliphatic carbocycles. The third-order valence-corrected chi connectivity index (χ3v) is 5.00. The van der Waals surface area contributed by atoms with E-state index >= 15 is 0 Å². The average Bonchev–Trinajstić information content (AvgIpc) is 2.80. The van der Waals surface area contributed by atoms with Crippen molar-refractivity contribution in [1.82, 2.24) is 4.90 Å². The summed E-state index contributed by atoms with van der Waals surface area (Å²) < 4.78 is 0. The van der Waals surface area contributed by atoms with Crippen LogP contribution in [0.4, 0.5) is 0 Å². The monoisotopic (exact) mass is 224 g/mol. The molecule has 1 aliphatic heterocycles. The molecule has 1 unspecified atom stereocenters. The minimum absolute atomic E-state index is 0.377. The highest BCUT2D eigenvalue weighted by atomic mass is 15.2. The first-order valence-electron chi connectivity index (χ1n) is 7.13. The summed E-state index contributed by atoms with van der Waals surface area (Å²) in [6.07, 6.45) is 8.27. The van der Waals surface area contributed by atoms with Crippen molar-refractivity contribution in [3.63, 3.8) is 0 Å². The predicted molar refractivity (Wildman–Crippen MR) is 69.4 cm³/mol. The van der Waals surface area contributed by atoms with E-state index in [1.54, 1.807) is 0 Å². The topological polar surface area (TPSA) is 29.3 Å². The van der Waals surface area contributed by atoms with Crippen LogP contribution < -0.4 is 5.73 Å². The second kappa shape index (κ2) is 5.05. The first-order valence-corrected chi connectivity index (χ1v) is 7.13. The van der Waals surface area contributed by atoms with Crippen LogP contribution in [0.5, 0.6) is 0 Å². The van der Waals surface area contributed by atoms with Gasteiger partial charge in [0, 0.05) is 18.6 Å². The summed E-state index contributed by atoms with van der Waals surface area (Å²) in [7, 11) is 0. The van der Waals surface area contributed by atoms with Gasteiger partial charge in [-0.3, -0.25) is 4.90 Å². The van der Waals surface area contributed by atoms with Crippen molar-refractivity contribution in [2.45, 2.75) is 57.9 Å². The molecule has 1 atom stereocenters. The van der Waals surface area contributed by atoms with Gasteiger partial charge in [0.05, 0.1) is 0 Å². The lowest BCUT2D eigenvalue weighted by Crippen LogP contribution is -2.54. The fourth-order valence-electron chi connectivity index (χ4n) is 3.62. The molecule has 0 aromatic rings. The molecule has 0 aromatic carbocycles. The Kier molecular flexibility index (Phi) is 3.91. The van der Waals surface area contributed by atoms with Crippen molar-refractivity contribution in [2.24, 2.45) is 17.6 Å². The van der Waals surface area contributed by atoms with E-state index in [2.05, 4.69) is 18.7 Å². The van der Waals surface area contributed by atoms with Crippen LogP contribution in [0.2, 0.25) is 0 Å². The molecule has 1 saturated carbocycles. The highest BCUT2D eigenvalue weighted by molar-refractivity contribution is 4.97. The number of likely N-dealkylation sites (tertiary alicyclic amines) is 1. The van der Waals surface area contributed by atoms with E-state index in [9.17, 15) is 0 Å². The van der Waals surface area contributed by atoms with Crippen molar-refractivity contribution in [3.05, 3.63) is 0 Å². The van der Waals surface area contributed by atoms with Gasteiger partial charge in [0.1, 0.15) is 0 Å². The van der Waals surface area contributed by atoms with Crippen molar-refractivity contribution in [2.75, 3.05) is 19.6 Å². The third kappa shape index (κ3) is 2.28. The second-order valence-electron chi connectivity index (χ2n) is 6.23. The molecule has 0 bridgehead atoms. The highest BCUT2D eigenvalue weighted by Gasteiger charge is 2.40. The Morgan fingerprint density at radius 2 is 1.94 bits per heavy atom. The molecule has 0 spiro atoms. The second-order valence-corrected chi connectivity index (χ2v) is 6.23. The molecular weight excluding hydrogens is 196 g/mol. The number of hydrogen-bond donors (Lipinski definition) is 1. The largest absolute Gasteiger partial charge is 0.329 e. The Labute approximate surface area is 101 Å². The van der Waals surface area contributed by atoms with Crippen molar-refractivity contribution >= 4 is 0 Å². The zero-order chi connectivity index (χ0) is 11.6. The quantitative estimate of drug-likeness (QED) is 0.798. The lowest BCUT2D eigenvalue weighted by Gasteiger charge is -2.44. The number of nitrogens with two attached hydrogens (primary N) is 1. The zero-order valence-electron chi connectivity index (χ0n) is 11.0. The molecule has 2 rings (SSSR count). The van der Waals surface area contributed by atoms with Gasteiger partial charge in [-0.2, -0.15) is 0 Å². The normalized spacial score (nSPS) is 31.1. The van der Waals surface area contributed by atoms with Gasteiger partial charge in [-0.1, -0.05) is 33.1 Å². The lowest BCUT2D eigenvalue weighted by molar-refractivity contribution is 0.0747. The Balaban J connectivity index is 2.00. The van der Waals surface area contributed by atoms with Gasteiger partial charge in [-0.15, -0.1) is 0 Å². The standard InChI is InChI=1S/C14H28N2/c1-12(2)13-6-9-16(10-13)14(11-15)7-4-3-5-8-14/h12-13H,3-11,15H2,1-2H3. The van der Waals surface area contributed by atoms with E-state index in [1.807, 2.05) is 0 Å². The van der Waals surface area contributed by atoms with Gasteiger partial charge >= 0.3 is 0 Å². The Hall–Kier alpha value is -0.0800. The van der Waals surface area contributed by atoms with Crippen molar-refractivity contribution < 1.29 is 0 Å². The third-order valence-electron chi connectivity index (χ3n) is 5.00. The molecule has 2 N–H and O–H groups in total. The van der Waals surface area contributed by atoms with E-state index in [4.69, 9.17) is 5.73 Å². The van der Waals surface area contributed by atoms with E-state index in [0.717, 1.165) is 18.4 Å². The molecule has 0 amide bonds. The molecule has 0 aromatic heterocycles. The van der Waals surface area contributed by atoms with Crippen LogP contribution in [0.3, 0.4) is 0 Å². The summed E-state index contributed by atoms with van der Waals surface area (Å²) in [6, 6.07) is 0. The molecule has 2 nitrogen and oxygen atoms in total. The fourth-order valence-corrected chi connectivity index (χ4v) is 3.62. The average molecular weight is 224 g/mol. The maximum Gasteiger partial charge on any atom is 0.0331 e. The smallest absolute Gasteiger partial charge is 0.0331 e. The molecule has 2 heteroatoms. The van der Waals surface area contributed by atoms with Crippen LogP contribution in [0.25, 0.3) is 0 Å². The van der Waals surface area contributed by atoms with Crippen LogP contribution in [-0.4, -0.2) is 30.1 Å². The molecule has 16 heavy (non-hydrogen) atoms. The summed E-state index contributed by atoms with van der Waals surface area (Å²) in [4.78, 5) is 2.73. The summed E-state index contributed by atoms with van der Waals surface area (Å²) in [5.41, 5.74) is 6.47. The van der Waals surface area contributed by atoms with E-state index in [-0.39, 0.29) is 0 Å². The summed E-state index contributed by atoms with van der Waals surface area (Å²) in [6.45, 7) is 8.20. The molecule has 1 heterocycles. The van der Waals surface area contributed by atoms with Crippen LogP contribution in [0.1, 0.15) is 52.4 Å². The van der Waals surface area contributed by atoms with E-state index < -0.39 is 0 Å². The highest BCUT2D eigenvalue weighted by Crippen LogP contribution is 2.37. The van der Waals surface area contributed by atoms with Crippen molar-refractivity contribution in [1.29, 1.82) is 0 Å². The van der Waals surface area contributed by atoms with E-state index in [0.29, 0.717) is 5.54 Å². The van der Waals surface area contributed by atoms with Gasteiger partial charge < -0.3 is 5.73 Å². The van der Waals surface area contributed by atoms with Gasteiger partial charge in [0.25, 0.3) is 0 Å².